The van der Waals surface area contributed by atoms with Gasteiger partial charge in [0, 0.05) is 61.6 Å². The highest BCUT2D eigenvalue weighted by Gasteiger charge is 2.17. The average Bonchev–Trinajstić information content (AvgIpc) is 2.93. The van der Waals surface area contributed by atoms with Gasteiger partial charge in [0.1, 0.15) is 16.8 Å². The first-order valence-corrected chi connectivity index (χ1v) is 11.9. The summed E-state index contributed by atoms with van der Waals surface area (Å²) in [6.07, 6.45) is 6.21. The first kappa shape index (κ1) is 24.1. The largest absolute Gasteiger partial charge is 0.494 e. The number of fused-ring (bicyclic) bond motifs is 1. The van der Waals surface area contributed by atoms with Gasteiger partial charge in [-0.1, -0.05) is 6.58 Å². The van der Waals surface area contributed by atoms with Crippen LogP contribution in [0.3, 0.4) is 0 Å². The number of methoxy groups -OCH3 is 1. The van der Waals surface area contributed by atoms with Crippen LogP contribution in [0.25, 0.3) is 22.3 Å². The number of amides is 1. The van der Waals surface area contributed by atoms with Gasteiger partial charge in [0.05, 0.1) is 24.7 Å². The highest BCUT2D eigenvalue weighted by Crippen LogP contribution is 2.33. The summed E-state index contributed by atoms with van der Waals surface area (Å²) in [5.74, 6) is 0.820. The predicted octanol–water partition coefficient (Wildman–Crippen LogP) is 3.72. The molecule has 10 nitrogen and oxygen atoms in total. The molecule has 1 saturated heterocycles. The van der Waals surface area contributed by atoms with E-state index in [0.717, 1.165) is 43.1 Å². The van der Waals surface area contributed by atoms with Crippen LogP contribution in [0.2, 0.25) is 0 Å². The molecule has 1 aromatic carbocycles. The number of nitrogens with one attached hydrogen (secondary N) is 2. The molecule has 1 aliphatic heterocycles. The Kier molecular flexibility index (Phi) is 6.91. The van der Waals surface area contributed by atoms with Crippen molar-refractivity contribution < 1.29 is 9.53 Å². The summed E-state index contributed by atoms with van der Waals surface area (Å²) >= 11 is 0. The number of rotatable bonds is 7. The fourth-order valence-electron chi connectivity index (χ4n) is 4.22. The zero-order valence-electron chi connectivity index (χ0n) is 20.8. The number of nitrogens with zero attached hydrogens (tertiary/aromatic N) is 6. The molecule has 188 valence electrons. The van der Waals surface area contributed by atoms with Gasteiger partial charge in [0.2, 0.25) is 11.9 Å². The number of carbonyl (C=O) groups excluding carboxylic acids is 1. The van der Waals surface area contributed by atoms with Crippen LogP contribution in [0.1, 0.15) is 0 Å². The average molecular weight is 497 g/mol. The molecule has 0 unspecified atom stereocenters. The summed E-state index contributed by atoms with van der Waals surface area (Å²) in [6, 6.07) is 11.4. The van der Waals surface area contributed by atoms with Crippen LogP contribution in [0.15, 0.2) is 67.6 Å². The number of aromatic nitrogens is 4. The molecule has 0 spiro atoms. The SMILES string of the molecule is C=CC(=O)Nc1ccnc(-c2ccnc3cnc(Nc4ccc(N5CCN(C)CC5)cc4OC)nc23)c1. The van der Waals surface area contributed by atoms with Gasteiger partial charge in [-0.25, -0.2) is 9.97 Å². The molecule has 1 fully saturated rings. The molecule has 0 aliphatic carbocycles. The Bertz CT molecular complexity index is 1450. The highest BCUT2D eigenvalue weighted by atomic mass is 16.5. The van der Waals surface area contributed by atoms with E-state index in [1.54, 1.807) is 37.8 Å². The Balaban J connectivity index is 1.44. The number of benzene rings is 1. The summed E-state index contributed by atoms with van der Waals surface area (Å²) < 4.78 is 5.69. The van der Waals surface area contributed by atoms with Gasteiger partial charge in [0.25, 0.3) is 0 Å². The second-order valence-electron chi connectivity index (χ2n) is 8.71. The zero-order valence-corrected chi connectivity index (χ0v) is 20.8. The minimum Gasteiger partial charge on any atom is -0.494 e. The molecule has 0 radical (unpaired) electrons. The second-order valence-corrected chi connectivity index (χ2v) is 8.71. The van der Waals surface area contributed by atoms with E-state index in [0.29, 0.717) is 34.1 Å². The number of carbonyl (C=O) groups is 1. The summed E-state index contributed by atoms with van der Waals surface area (Å²) in [4.78, 5) is 34.5. The molecule has 2 N–H and O–H groups in total. The Morgan fingerprint density at radius 3 is 2.65 bits per heavy atom. The van der Waals surface area contributed by atoms with Crippen molar-refractivity contribution >= 4 is 40.0 Å². The second kappa shape index (κ2) is 10.6. The van der Waals surface area contributed by atoms with E-state index in [2.05, 4.69) is 55.1 Å². The predicted molar refractivity (Wildman–Crippen MR) is 145 cm³/mol. The number of ether oxygens (including phenoxy) is 1. The van der Waals surface area contributed by atoms with Crippen molar-refractivity contribution in [2.24, 2.45) is 0 Å². The third-order valence-electron chi connectivity index (χ3n) is 6.27. The fraction of sp³-hybridized carbons (Fsp3) is 0.222. The Morgan fingerprint density at radius 1 is 1.05 bits per heavy atom. The molecule has 1 aliphatic rings. The fourth-order valence-corrected chi connectivity index (χ4v) is 4.22. The number of pyridine rings is 2. The van der Waals surface area contributed by atoms with Gasteiger partial charge in [-0.2, -0.15) is 0 Å². The Labute approximate surface area is 215 Å². The summed E-state index contributed by atoms with van der Waals surface area (Å²) in [5.41, 5.74) is 5.16. The summed E-state index contributed by atoms with van der Waals surface area (Å²) in [5, 5.41) is 6.05. The number of hydrogen-bond donors (Lipinski definition) is 2. The first-order valence-electron chi connectivity index (χ1n) is 11.9. The van der Waals surface area contributed by atoms with Crippen LogP contribution in [-0.2, 0) is 4.79 Å². The maximum absolute atomic E-state index is 11.7. The van der Waals surface area contributed by atoms with Gasteiger partial charge >= 0.3 is 0 Å². The highest BCUT2D eigenvalue weighted by molar-refractivity contribution is 5.99. The molecule has 10 heteroatoms. The third-order valence-corrected chi connectivity index (χ3v) is 6.27. The van der Waals surface area contributed by atoms with Crippen molar-refractivity contribution in [1.29, 1.82) is 0 Å². The monoisotopic (exact) mass is 496 g/mol. The summed E-state index contributed by atoms with van der Waals surface area (Å²) in [6.45, 7) is 7.50. The molecule has 4 heterocycles. The van der Waals surface area contributed by atoms with E-state index < -0.39 is 0 Å². The van der Waals surface area contributed by atoms with Crippen molar-refractivity contribution in [1.82, 2.24) is 24.8 Å². The molecule has 5 rings (SSSR count). The van der Waals surface area contributed by atoms with E-state index in [1.807, 2.05) is 18.2 Å². The van der Waals surface area contributed by atoms with Crippen LogP contribution in [0, 0.1) is 0 Å². The van der Waals surface area contributed by atoms with Gasteiger partial charge in [-0.15, -0.1) is 0 Å². The van der Waals surface area contributed by atoms with Crippen LogP contribution < -0.4 is 20.3 Å². The maximum atomic E-state index is 11.7. The number of anilines is 4. The first-order chi connectivity index (χ1) is 18.0. The van der Waals surface area contributed by atoms with Crippen molar-refractivity contribution in [3.63, 3.8) is 0 Å². The van der Waals surface area contributed by atoms with Crippen molar-refractivity contribution in [3.8, 4) is 17.0 Å². The van der Waals surface area contributed by atoms with Crippen molar-refractivity contribution in [2.75, 3.05) is 55.9 Å². The zero-order chi connectivity index (χ0) is 25.8. The minimum absolute atomic E-state index is 0.293. The molecular weight excluding hydrogens is 468 g/mol. The topological polar surface area (TPSA) is 108 Å². The van der Waals surface area contributed by atoms with Gasteiger partial charge in [0.15, 0.2) is 0 Å². The molecule has 3 aromatic heterocycles. The van der Waals surface area contributed by atoms with Crippen LogP contribution >= 0.6 is 0 Å². The lowest BCUT2D eigenvalue weighted by molar-refractivity contribution is -0.111. The smallest absolute Gasteiger partial charge is 0.247 e. The van der Waals surface area contributed by atoms with Crippen LogP contribution in [0.5, 0.6) is 5.75 Å². The number of piperazine rings is 1. The molecule has 0 bridgehead atoms. The van der Waals surface area contributed by atoms with Crippen molar-refractivity contribution in [2.45, 2.75) is 0 Å². The van der Waals surface area contributed by atoms with Gasteiger partial charge < -0.3 is 25.2 Å². The van der Waals surface area contributed by atoms with Crippen LogP contribution in [-0.4, -0.2) is 71.1 Å². The molecule has 0 saturated carbocycles. The number of hydrogen-bond acceptors (Lipinski definition) is 9. The maximum Gasteiger partial charge on any atom is 0.247 e. The molecule has 1 amide bonds. The number of likely N-dealkylation sites (N-methyl/N-ethyl adjacent to an activating group) is 1. The van der Waals surface area contributed by atoms with E-state index in [1.165, 1.54) is 6.08 Å². The van der Waals surface area contributed by atoms with E-state index in [4.69, 9.17) is 9.72 Å². The quantitative estimate of drug-likeness (QED) is 0.370. The Morgan fingerprint density at radius 2 is 1.86 bits per heavy atom. The molecule has 4 aromatic rings. The lowest BCUT2D eigenvalue weighted by Gasteiger charge is -2.34. The normalized spacial score (nSPS) is 13.8. The minimum atomic E-state index is -0.293. The van der Waals surface area contributed by atoms with Crippen molar-refractivity contribution in [3.05, 3.63) is 67.6 Å². The van der Waals surface area contributed by atoms with E-state index in [-0.39, 0.29) is 5.91 Å². The van der Waals surface area contributed by atoms with E-state index >= 15 is 0 Å². The standard InChI is InChI=1S/C27H28N8O2/c1-4-25(36)31-18-7-9-28-22(15-18)20-8-10-29-23-17-30-27(33-26(20)23)32-21-6-5-19(16-24(21)37-3)35-13-11-34(2)12-14-35/h4-10,15-17H,1,11-14H2,2-3H3,(H,28,31,36)(H,30,32,33). The third kappa shape index (κ3) is 5.34. The van der Waals surface area contributed by atoms with E-state index in [9.17, 15) is 4.79 Å². The van der Waals surface area contributed by atoms with Gasteiger partial charge in [-0.3, -0.25) is 14.8 Å². The lowest BCUT2D eigenvalue weighted by atomic mass is 10.1. The summed E-state index contributed by atoms with van der Waals surface area (Å²) in [7, 11) is 3.80. The lowest BCUT2D eigenvalue weighted by Crippen LogP contribution is -2.44. The molecular formula is C27H28N8O2. The molecule has 0 atom stereocenters. The Hall–Kier alpha value is -4.57. The van der Waals surface area contributed by atoms with Crippen LogP contribution in [0.4, 0.5) is 23.0 Å². The molecule has 37 heavy (non-hydrogen) atoms. The van der Waals surface area contributed by atoms with Gasteiger partial charge in [-0.05, 0) is 43.5 Å².